The number of carbonyl (C=O) groups excluding carboxylic acids is 1. The number of amides is 1. The summed E-state index contributed by atoms with van der Waals surface area (Å²) in [6, 6.07) is 16.3. The van der Waals surface area contributed by atoms with Gasteiger partial charge in [-0.15, -0.1) is 0 Å². The van der Waals surface area contributed by atoms with Gasteiger partial charge in [0.05, 0.1) is 11.7 Å². The lowest BCUT2D eigenvalue weighted by molar-refractivity contribution is -0.133. The third-order valence-corrected chi connectivity index (χ3v) is 5.67. The maximum atomic E-state index is 13.0. The predicted molar refractivity (Wildman–Crippen MR) is 111 cm³/mol. The quantitative estimate of drug-likeness (QED) is 0.701. The zero-order chi connectivity index (χ0) is 20.4. The maximum Gasteiger partial charge on any atom is 0.241 e. The standard InChI is InChI=1S/C22H26N6O/c1-15-4-6-18(7-5-15)20-12-21(26-25-20)22(29)27(3)16(2)17-8-10-19(11-9-17)28-14-23-13-24-28/h4-11,13-14,16,20-21,25-26H,12H2,1-3H3. The molecule has 1 amide bonds. The van der Waals surface area contributed by atoms with Gasteiger partial charge in [-0.1, -0.05) is 42.0 Å². The van der Waals surface area contributed by atoms with E-state index in [-0.39, 0.29) is 24.0 Å². The summed E-state index contributed by atoms with van der Waals surface area (Å²) in [5, 5.41) is 4.14. The van der Waals surface area contributed by atoms with Gasteiger partial charge in [-0.3, -0.25) is 4.79 Å². The first-order valence-electron chi connectivity index (χ1n) is 9.82. The van der Waals surface area contributed by atoms with Crippen LogP contribution in [-0.2, 0) is 4.79 Å². The lowest BCUT2D eigenvalue weighted by Gasteiger charge is -2.28. The zero-order valence-electron chi connectivity index (χ0n) is 16.9. The average Bonchev–Trinajstić information content (AvgIpc) is 3.45. The number of hydrogen-bond donors (Lipinski definition) is 2. The molecule has 3 aromatic rings. The SMILES string of the molecule is Cc1ccc(C2CC(C(=O)N(C)C(C)c3ccc(-n4cncn4)cc3)NN2)cc1. The number of likely N-dealkylation sites (N-methyl/N-ethyl adjacent to an activating group) is 1. The van der Waals surface area contributed by atoms with E-state index in [1.807, 2.05) is 38.2 Å². The molecule has 1 fully saturated rings. The van der Waals surface area contributed by atoms with Gasteiger partial charge in [0, 0.05) is 13.1 Å². The van der Waals surface area contributed by atoms with Gasteiger partial charge < -0.3 is 4.90 Å². The third kappa shape index (κ3) is 4.06. The number of aromatic nitrogens is 3. The van der Waals surface area contributed by atoms with E-state index >= 15 is 0 Å². The highest BCUT2D eigenvalue weighted by atomic mass is 16.2. The van der Waals surface area contributed by atoms with Gasteiger partial charge in [-0.25, -0.2) is 20.5 Å². The van der Waals surface area contributed by atoms with Gasteiger partial charge in [0.1, 0.15) is 18.7 Å². The summed E-state index contributed by atoms with van der Waals surface area (Å²) < 4.78 is 1.71. The highest BCUT2D eigenvalue weighted by Gasteiger charge is 2.33. The minimum atomic E-state index is -0.247. The molecule has 3 atom stereocenters. The van der Waals surface area contributed by atoms with Gasteiger partial charge in [0.15, 0.2) is 0 Å². The smallest absolute Gasteiger partial charge is 0.241 e. The van der Waals surface area contributed by atoms with Crippen molar-refractivity contribution in [1.29, 1.82) is 0 Å². The van der Waals surface area contributed by atoms with Crippen LogP contribution in [0.15, 0.2) is 61.2 Å². The van der Waals surface area contributed by atoms with Crippen LogP contribution in [0.1, 0.15) is 42.1 Å². The normalized spacial score (nSPS) is 19.8. The summed E-state index contributed by atoms with van der Waals surface area (Å²) in [5.74, 6) is 0.0833. The molecule has 0 spiro atoms. The maximum absolute atomic E-state index is 13.0. The van der Waals surface area contributed by atoms with Crippen molar-refractivity contribution < 1.29 is 4.79 Å². The Morgan fingerprint density at radius 3 is 2.52 bits per heavy atom. The Morgan fingerprint density at radius 2 is 1.86 bits per heavy atom. The fourth-order valence-electron chi connectivity index (χ4n) is 3.64. The van der Waals surface area contributed by atoms with Crippen molar-refractivity contribution >= 4 is 5.91 Å². The van der Waals surface area contributed by atoms with E-state index < -0.39 is 0 Å². The summed E-state index contributed by atoms with van der Waals surface area (Å²) >= 11 is 0. The fraction of sp³-hybridized carbons (Fsp3) is 0.318. The Morgan fingerprint density at radius 1 is 1.14 bits per heavy atom. The van der Waals surface area contributed by atoms with Crippen LogP contribution in [0.3, 0.4) is 0 Å². The molecular formula is C22H26N6O. The summed E-state index contributed by atoms with van der Waals surface area (Å²) in [6.07, 6.45) is 3.90. The Labute approximate surface area is 170 Å². The molecule has 2 heterocycles. The molecule has 7 nitrogen and oxygen atoms in total. The highest BCUT2D eigenvalue weighted by molar-refractivity contribution is 5.82. The molecule has 1 saturated heterocycles. The van der Waals surface area contributed by atoms with E-state index in [2.05, 4.69) is 52.1 Å². The summed E-state index contributed by atoms with van der Waals surface area (Å²) in [5.41, 5.74) is 10.9. The second-order valence-corrected chi connectivity index (χ2v) is 7.60. The van der Waals surface area contributed by atoms with Gasteiger partial charge in [0.25, 0.3) is 0 Å². The lowest BCUT2D eigenvalue weighted by Crippen LogP contribution is -2.44. The van der Waals surface area contributed by atoms with Crippen molar-refractivity contribution in [2.75, 3.05) is 7.05 Å². The topological polar surface area (TPSA) is 75.1 Å². The molecule has 1 aliphatic heterocycles. The van der Waals surface area contributed by atoms with E-state index in [1.165, 1.54) is 17.5 Å². The van der Waals surface area contributed by atoms with Gasteiger partial charge in [-0.2, -0.15) is 5.10 Å². The van der Waals surface area contributed by atoms with Crippen LogP contribution in [-0.4, -0.2) is 38.7 Å². The van der Waals surface area contributed by atoms with E-state index in [0.29, 0.717) is 0 Å². The Hall–Kier alpha value is -3.03. The third-order valence-electron chi connectivity index (χ3n) is 5.67. The lowest BCUT2D eigenvalue weighted by atomic mass is 9.99. The molecule has 1 aliphatic rings. The minimum absolute atomic E-state index is 0.0347. The second-order valence-electron chi connectivity index (χ2n) is 7.60. The summed E-state index contributed by atoms with van der Waals surface area (Å²) in [4.78, 5) is 18.8. The molecule has 4 rings (SSSR count). The first-order valence-corrected chi connectivity index (χ1v) is 9.82. The van der Waals surface area contributed by atoms with Crippen LogP contribution in [0.4, 0.5) is 0 Å². The summed E-state index contributed by atoms with van der Waals surface area (Å²) in [6.45, 7) is 4.12. The van der Waals surface area contributed by atoms with Crippen LogP contribution in [0, 0.1) is 6.92 Å². The van der Waals surface area contributed by atoms with Crippen LogP contribution in [0.25, 0.3) is 5.69 Å². The van der Waals surface area contributed by atoms with Crippen LogP contribution >= 0.6 is 0 Å². The number of nitrogens with zero attached hydrogens (tertiary/aromatic N) is 4. The highest BCUT2D eigenvalue weighted by Crippen LogP contribution is 2.26. The van der Waals surface area contributed by atoms with Crippen LogP contribution in [0.2, 0.25) is 0 Å². The largest absolute Gasteiger partial charge is 0.338 e. The van der Waals surface area contributed by atoms with Gasteiger partial charge >= 0.3 is 0 Å². The predicted octanol–water partition coefficient (Wildman–Crippen LogP) is 2.70. The molecule has 7 heteroatoms. The zero-order valence-corrected chi connectivity index (χ0v) is 16.9. The molecule has 0 aliphatic carbocycles. The van der Waals surface area contributed by atoms with Crippen molar-refractivity contribution in [1.82, 2.24) is 30.5 Å². The van der Waals surface area contributed by atoms with Gasteiger partial charge in [-0.05, 0) is 43.5 Å². The number of rotatable bonds is 5. The van der Waals surface area contributed by atoms with Crippen molar-refractivity contribution in [3.05, 3.63) is 77.9 Å². The van der Waals surface area contributed by atoms with Crippen molar-refractivity contribution in [2.24, 2.45) is 0 Å². The van der Waals surface area contributed by atoms with E-state index in [0.717, 1.165) is 17.7 Å². The number of nitrogens with one attached hydrogen (secondary N) is 2. The van der Waals surface area contributed by atoms with Crippen molar-refractivity contribution in [3.8, 4) is 5.69 Å². The van der Waals surface area contributed by atoms with Crippen LogP contribution in [0.5, 0.6) is 0 Å². The molecule has 2 aromatic carbocycles. The molecule has 29 heavy (non-hydrogen) atoms. The first kappa shape index (κ1) is 19.3. The first-order chi connectivity index (χ1) is 14.0. The number of aryl methyl sites for hydroxylation is 1. The van der Waals surface area contributed by atoms with E-state index in [4.69, 9.17) is 0 Å². The number of benzene rings is 2. The molecule has 0 radical (unpaired) electrons. The Bertz CT molecular complexity index is 952. The molecule has 150 valence electrons. The average molecular weight is 390 g/mol. The molecule has 0 bridgehead atoms. The molecule has 2 N–H and O–H groups in total. The molecule has 0 saturated carbocycles. The molecular weight excluding hydrogens is 364 g/mol. The van der Waals surface area contributed by atoms with Crippen LogP contribution < -0.4 is 10.9 Å². The molecule has 1 aromatic heterocycles. The number of hydrazine groups is 1. The van der Waals surface area contributed by atoms with Gasteiger partial charge in [0.2, 0.25) is 5.91 Å². The Kier molecular flexibility index (Phi) is 5.42. The summed E-state index contributed by atoms with van der Waals surface area (Å²) in [7, 11) is 1.86. The number of carbonyl (C=O) groups is 1. The number of hydrogen-bond acceptors (Lipinski definition) is 5. The van der Waals surface area contributed by atoms with E-state index in [1.54, 1.807) is 15.9 Å². The van der Waals surface area contributed by atoms with E-state index in [9.17, 15) is 4.79 Å². The minimum Gasteiger partial charge on any atom is -0.338 e. The monoisotopic (exact) mass is 390 g/mol. The second kappa shape index (κ2) is 8.14. The molecule has 3 unspecified atom stereocenters. The Balaban J connectivity index is 1.40. The fourth-order valence-corrected chi connectivity index (χ4v) is 3.64. The van der Waals surface area contributed by atoms with Crippen molar-refractivity contribution in [2.45, 2.75) is 38.4 Å². The van der Waals surface area contributed by atoms with Crippen molar-refractivity contribution in [3.63, 3.8) is 0 Å².